The molecule has 9 heteroatoms. The molecule has 35 heavy (non-hydrogen) atoms. The van der Waals surface area contributed by atoms with Crippen LogP contribution in [0.3, 0.4) is 0 Å². The van der Waals surface area contributed by atoms with Crippen LogP contribution in [0.15, 0.2) is 82.3 Å². The minimum Gasteiger partial charge on any atom is -0.444 e. The minimum absolute atomic E-state index is 0.200. The highest BCUT2D eigenvalue weighted by atomic mass is 19.4. The van der Waals surface area contributed by atoms with E-state index >= 15 is 0 Å². The van der Waals surface area contributed by atoms with Crippen molar-refractivity contribution in [2.24, 2.45) is 0 Å². The van der Waals surface area contributed by atoms with Crippen molar-refractivity contribution in [1.29, 1.82) is 0 Å². The fourth-order valence-electron chi connectivity index (χ4n) is 3.68. The van der Waals surface area contributed by atoms with Crippen molar-refractivity contribution in [3.63, 3.8) is 0 Å². The second-order valence-electron chi connectivity index (χ2n) is 8.80. The molecule has 2 heterocycles. The Hall–Kier alpha value is -3.85. The van der Waals surface area contributed by atoms with Gasteiger partial charge in [-0.25, -0.2) is 4.98 Å². The number of aromatic nitrogens is 2. The average Bonchev–Trinajstić information content (AvgIpc) is 3.24. The first kappa shape index (κ1) is 24.3. The molecule has 1 N–H and O–H groups in total. The zero-order chi connectivity index (χ0) is 25.2. The van der Waals surface area contributed by atoms with Crippen molar-refractivity contribution in [1.82, 2.24) is 9.55 Å². The normalized spacial score (nSPS) is 12.1. The second-order valence-corrected chi connectivity index (χ2v) is 8.80. The molecule has 0 aliphatic heterocycles. The van der Waals surface area contributed by atoms with Crippen LogP contribution in [0, 0.1) is 0 Å². The molecule has 0 spiro atoms. The molecule has 4 aromatic rings. The Morgan fingerprint density at radius 1 is 1.00 bits per heavy atom. The highest BCUT2D eigenvalue weighted by molar-refractivity contribution is 5.63. The number of pyridine rings is 1. The Morgan fingerprint density at radius 2 is 1.69 bits per heavy atom. The maximum Gasteiger partial charge on any atom is 0.573 e. The Kier molecular flexibility index (Phi) is 6.53. The second kappa shape index (κ2) is 9.42. The third-order valence-electron chi connectivity index (χ3n) is 5.10. The van der Waals surface area contributed by atoms with Gasteiger partial charge in [0.2, 0.25) is 5.89 Å². The topological polar surface area (TPSA) is 77.5 Å². The van der Waals surface area contributed by atoms with Crippen molar-refractivity contribution in [2.75, 3.05) is 0 Å². The van der Waals surface area contributed by atoms with Gasteiger partial charge in [-0.3, -0.25) is 4.79 Å². The lowest BCUT2D eigenvalue weighted by molar-refractivity contribution is -0.274. The number of rotatable bonds is 7. The molecule has 2 aromatic heterocycles. The van der Waals surface area contributed by atoms with Gasteiger partial charge in [-0.1, -0.05) is 24.3 Å². The number of hydrogen-bond acceptors (Lipinski definition) is 5. The molecule has 0 aliphatic carbocycles. The van der Waals surface area contributed by atoms with E-state index < -0.39 is 12.0 Å². The van der Waals surface area contributed by atoms with Crippen LogP contribution in [0.4, 0.5) is 13.2 Å². The lowest BCUT2D eigenvalue weighted by atomic mass is 9.97. The van der Waals surface area contributed by atoms with Gasteiger partial charge in [0, 0.05) is 24.2 Å². The van der Waals surface area contributed by atoms with Crippen molar-refractivity contribution in [3.8, 4) is 28.5 Å². The lowest BCUT2D eigenvalue weighted by Gasteiger charge is -2.17. The van der Waals surface area contributed by atoms with Crippen molar-refractivity contribution in [3.05, 3.63) is 94.6 Å². The molecule has 0 radical (unpaired) electrons. The summed E-state index contributed by atoms with van der Waals surface area (Å²) in [5, 5.41) is 10.1. The number of benzene rings is 2. The zero-order valence-corrected chi connectivity index (χ0v) is 19.0. The standard InChI is InChI=1S/C26H23F3N2O4/c1-25(2,33)13-17-4-3-5-18(12-17)14-31-15-20(8-11-23(31)32)24-30-22(16-34-24)19-6-9-21(10-7-19)35-26(27,28)29/h3-12,15-16,33H,13-14H2,1-2H3. The van der Waals surface area contributed by atoms with Crippen LogP contribution < -0.4 is 10.3 Å². The summed E-state index contributed by atoms with van der Waals surface area (Å²) in [5.74, 6) is -0.0659. The molecule has 0 amide bonds. The summed E-state index contributed by atoms with van der Waals surface area (Å²) < 4.78 is 48.1. The van der Waals surface area contributed by atoms with E-state index in [-0.39, 0.29) is 17.2 Å². The molecule has 0 atom stereocenters. The van der Waals surface area contributed by atoms with Gasteiger partial charge in [0.1, 0.15) is 17.7 Å². The summed E-state index contributed by atoms with van der Waals surface area (Å²) in [7, 11) is 0. The minimum atomic E-state index is -4.76. The quantitative estimate of drug-likeness (QED) is 0.379. The van der Waals surface area contributed by atoms with E-state index in [1.807, 2.05) is 24.3 Å². The van der Waals surface area contributed by atoms with Crippen LogP contribution in [0.1, 0.15) is 25.0 Å². The van der Waals surface area contributed by atoms with Gasteiger partial charge in [0.15, 0.2) is 0 Å². The van der Waals surface area contributed by atoms with Crippen LogP contribution in [0.25, 0.3) is 22.7 Å². The molecule has 0 fully saturated rings. The van der Waals surface area contributed by atoms with E-state index in [2.05, 4.69) is 9.72 Å². The van der Waals surface area contributed by atoms with Crippen molar-refractivity contribution < 1.29 is 27.4 Å². The molecular weight excluding hydrogens is 461 g/mol. The van der Waals surface area contributed by atoms with E-state index in [1.165, 1.54) is 41.2 Å². The first-order valence-corrected chi connectivity index (χ1v) is 10.8. The number of ether oxygens (including phenoxy) is 1. The molecule has 182 valence electrons. The van der Waals surface area contributed by atoms with Crippen LogP contribution >= 0.6 is 0 Å². The van der Waals surface area contributed by atoms with E-state index in [0.717, 1.165) is 11.1 Å². The number of oxazole rings is 1. The predicted molar refractivity (Wildman–Crippen MR) is 124 cm³/mol. The zero-order valence-electron chi connectivity index (χ0n) is 19.0. The van der Waals surface area contributed by atoms with Gasteiger partial charge in [-0.2, -0.15) is 0 Å². The summed E-state index contributed by atoms with van der Waals surface area (Å²) in [6, 6.07) is 16.0. The summed E-state index contributed by atoms with van der Waals surface area (Å²) >= 11 is 0. The summed E-state index contributed by atoms with van der Waals surface area (Å²) in [4.78, 5) is 16.9. The van der Waals surface area contributed by atoms with Gasteiger partial charge in [-0.15, -0.1) is 13.2 Å². The number of aliphatic hydroxyl groups is 1. The summed E-state index contributed by atoms with van der Waals surface area (Å²) in [5.41, 5.74) is 2.36. The van der Waals surface area contributed by atoms with Crippen molar-refractivity contribution in [2.45, 2.75) is 38.8 Å². The van der Waals surface area contributed by atoms with Crippen LogP contribution in [0.2, 0.25) is 0 Å². The Bertz CT molecular complexity index is 1370. The monoisotopic (exact) mass is 484 g/mol. The van der Waals surface area contributed by atoms with Crippen LogP contribution in [-0.4, -0.2) is 26.6 Å². The highest BCUT2D eigenvalue weighted by Crippen LogP contribution is 2.28. The van der Waals surface area contributed by atoms with E-state index in [9.17, 15) is 23.1 Å². The van der Waals surface area contributed by atoms with Crippen molar-refractivity contribution >= 4 is 0 Å². The number of nitrogens with zero attached hydrogens (tertiary/aromatic N) is 2. The fourth-order valence-corrected chi connectivity index (χ4v) is 3.68. The average molecular weight is 484 g/mol. The van der Waals surface area contributed by atoms with Gasteiger partial charge < -0.3 is 18.8 Å². The Labute approximate surface area is 199 Å². The molecule has 6 nitrogen and oxygen atoms in total. The SMILES string of the molecule is CC(C)(O)Cc1cccc(Cn2cc(-c3nc(-c4ccc(OC(F)(F)F)cc4)co3)ccc2=O)c1. The van der Waals surface area contributed by atoms with Crippen LogP contribution in [-0.2, 0) is 13.0 Å². The molecule has 0 saturated heterocycles. The maximum absolute atomic E-state index is 12.5. The smallest absolute Gasteiger partial charge is 0.444 e. The molecule has 2 aromatic carbocycles. The molecule has 0 saturated carbocycles. The predicted octanol–water partition coefficient (Wildman–Crippen LogP) is 5.43. The molecular formula is C26H23F3N2O4. The van der Waals surface area contributed by atoms with Crippen LogP contribution in [0.5, 0.6) is 5.75 Å². The van der Waals surface area contributed by atoms with Gasteiger partial charge >= 0.3 is 6.36 Å². The first-order valence-electron chi connectivity index (χ1n) is 10.8. The first-order chi connectivity index (χ1) is 16.4. The van der Waals surface area contributed by atoms with E-state index in [4.69, 9.17) is 4.42 Å². The molecule has 0 aliphatic rings. The fraction of sp³-hybridized carbons (Fsp3) is 0.231. The van der Waals surface area contributed by atoms with Gasteiger partial charge in [-0.05, 0) is 55.3 Å². The Balaban J connectivity index is 1.54. The highest BCUT2D eigenvalue weighted by Gasteiger charge is 2.31. The number of hydrogen-bond donors (Lipinski definition) is 1. The van der Waals surface area contributed by atoms with Gasteiger partial charge in [0.05, 0.1) is 17.7 Å². The van der Waals surface area contributed by atoms with Gasteiger partial charge in [0.25, 0.3) is 5.56 Å². The summed E-state index contributed by atoms with van der Waals surface area (Å²) in [6.07, 6.45) is -1.24. The number of alkyl halides is 3. The maximum atomic E-state index is 12.5. The largest absolute Gasteiger partial charge is 0.573 e. The Morgan fingerprint density at radius 3 is 2.37 bits per heavy atom. The summed E-state index contributed by atoms with van der Waals surface area (Å²) in [6.45, 7) is 3.80. The third kappa shape index (κ3) is 6.60. The third-order valence-corrected chi connectivity index (χ3v) is 5.10. The molecule has 4 rings (SSSR count). The number of halogens is 3. The van der Waals surface area contributed by atoms with E-state index in [0.29, 0.717) is 29.8 Å². The lowest BCUT2D eigenvalue weighted by Crippen LogP contribution is -2.22. The molecule has 0 unspecified atom stereocenters. The molecule has 0 bridgehead atoms. The van der Waals surface area contributed by atoms with E-state index in [1.54, 1.807) is 26.1 Å².